The molecule has 82 valence electrons. The fourth-order valence-corrected chi connectivity index (χ4v) is 2.50. The molecule has 2 nitrogen and oxygen atoms in total. The van der Waals surface area contributed by atoms with Gasteiger partial charge in [-0.25, -0.2) is 0 Å². The molecule has 1 aromatic rings. The van der Waals surface area contributed by atoms with Crippen LogP contribution in [0.3, 0.4) is 0 Å². The molecule has 0 saturated heterocycles. The summed E-state index contributed by atoms with van der Waals surface area (Å²) in [5, 5.41) is 3.50. The first kappa shape index (κ1) is 10.5. The lowest BCUT2D eigenvalue weighted by Gasteiger charge is -2.18. The van der Waals surface area contributed by atoms with Crippen LogP contribution in [0.2, 0.25) is 0 Å². The highest BCUT2D eigenvalue weighted by molar-refractivity contribution is 5.42. The van der Waals surface area contributed by atoms with E-state index in [1.807, 2.05) is 6.07 Å². The van der Waals surface area contributed by atoms with Crippen LogP contribution in [-0.2, 0) is 0 Å². The lowest BCUT2D eigenvalue weighted by Crippen LogP contribution is -2.24. The van der Waals surface area contributed by atoms with Gasteiger partial charge >= 0.3 is 0 Å². The van der Waals surface area contributed by atoms with Crippen molar-refractivity contribution in [3.05, 3.63) is 30.3 Å². The van der Waals surface area contributed by atoms with Gasteiger partial charge < -0.3 is 11.1 Å². The molecule has 2 unspecified atom stereocenters. The number of nitrogens with one attached hydrogen (secondary N) is 1. The molecule has 2 heteroatoms. The minimum atomic E-state index is 0.737. The standard InChI is InChI=1S/C13H20N2/c14-9-11-5-4-6-12(11)10-15-13-7-2-1-3-8-13/h1-3,7-8,11-12,15H,4-6,9-10,14H2. The van der Waals surface area contributed by atoms with Crippen LogP contribution in [-0.4, -0.2) is 13.1 Å². The predicted octanol–water partition coefficient (Wildman–Crippen LogP) is 2.47. The molecule has 3 N–H and O–H groups in total. The van der Waals surface area contributed by atoms with Crippen LogP contribution in [0.1, 0.15) is 19.3 Å². The SMILES string of the molecule is NCC1CCCC1CNc1ccccc1. The Labute approximate surface area is 91.9 Å². The number of benzene rings is 1. The highest BCUT2D eigenvalue weighted by Crippen LogP contribution is 2.30. The molecule has 0 radical (unpaired) electrons. The summed E-state index contributed by atoms with van der Waals surface area (Å²) in [7, 11) is 0. The monoisotopic (exact) mass is 204 g/mol. The molecule has 0 bridgehead atoms. The van der Waals surface area contributed by atoms with Crippen LogP contribution in [0.4, 0.5) is 5.69 Å². The van der Waals surface area contributed by atoms with E-state index in [0.29, 0.717) is 0 Å². The fraction of sp³-hybridized carbons (Fsp3) is 0.538. The van der Waals surface area contributed by atoms with Crippen LogP contribution in [0.15, 0.2) is 30.3 Å². The molecule has 0 aliphatic heterocycles. The molecule has 2 atom stereocenters. The molecule has 1 aromatic carbocycles. The first-order chi connectivity index (χ1) is 7.40. The zero-order chi connectivity index (χ0) is 10.5. The van der Waals surface area contributed by atoms with Crippen molar-refractivity contribution in [2.24, 2.45) is 17.6 Å². The maximum absolute atomic E-state index is 5.77. The minimum Gasteiger partial charge on any atom is -0.385 e. The zero-order valence-corrected chi connectivity index (χ0v) is 9.15. The Morgan fingerprint density at radius 3 is 2.60 bits per heavy atom. The van der Waals surface area contributed by atoms with E-state index < -0.39 is 0 Å². The van der Waals surface area contributed by atoms with Crippen molar-refractivity contribution in [1.82, 2.24) is 0 Å². The first-order valence-electron chi connectivity index (χ1n) is 5.89. The quantitative estimate of drug-likeness (QED) is 0.790. The second-order valence-corrected chi connectivity index (χ2v) is 4.43. The summed E-state index contributed by atoms with van der Waals surface area (Å²) in [6.45, 7) is 1.92. The largest absolute Gasteiger partial charge is 0.385 e. The first-order valence-corrected chi connectivity index (χ1v) is 5.89. The van der Waals surface area contributed by atoms with Crippen LogP contribution in [0.5, 0.6) is 0 Å². The van der Waals surface area contributed by atoms with Gasteiger partial charge in [-0.3, -0.25) is 0 Å². The molecule has 0 aromatic heterocycles. The van der Waals surface area contributed by atoms with Gasteiger partial charge in [-0.05, 0) is 43.4 Å². The van der Waals surface area contributed by atoms with Gasteiger partial charge in [0.05, 0.1) is 0 Å². The maximum atomic E-state index is 5.77. The molecule has 1 aliphatic carbocycles. The Morgan fingerprint density at radius 1 is 1.13 bits per heavy atom. The summed E-state index contributed by atoms with van der Waals surface area (Å²) >= 11 is 0. The second kappa shape index (κ2) is 5.17. The van der Waals surface area contributed by atoms with Crippen molar-refractivity contribution >= 4 is 5.69 Å². The maximum Gasteiger partial charge on any atom is 0.0340 e. The number of anilines is 1. The van der Waals surface area contributed by atoms with Crippen LogP contribution in [0.25, 0.3) is 0 Å². The van der Waals surface area contributed by atoms with E-state index in [-0.39, 0.29) is 0 Å². The van der Waals surface area contributed by atoms with Gasteiger partial charge in [0.25, 0.3) is 0 Å². The van der Waals surface area contributed by atoms with Crippen molar-refractivity contribution in [2.45, 2.75) is 19.3 Å². The highest BCUT2D eigenvalue weighted by Gasteiger charge is 2.25. The smallest absolute Gasteiger partial charge is 0.0340 e. The summed E-state index contributed by atoms with van der Waals surface area (Å²) < 4.78 is 0. The van der Waals surface area contributed by atoms with E-state index >= 15 is 0 Å². The third kappa shape index (κ3) is 2.72. The van der Waals surface area contributed by atoms with Gasteiger partial charge in [-0.2, -0.15) is 0 Å². The average Bonchev–Trinajstić information content (AvgIpc) is 2.75. The Morgan fingerprint density at radius 2 is 1.87 bits per heavy atom. The Balaban J connectivity index is 1.83. The average molecular weight is 204 g/mol. The van der Waals surface area contributed by atoms with E-state index in [1.54, 1.807) is 0 Å². The highest BCUT2D eigenvalue weighted by atomic mass is 14.9. The Kier molecular flexibility index (Phi) is 3.62. The van der Waals surface area contributed by atoms with Crippen LogP contribution in [0, 0.1) is 11.8 Å². The van der Waals surface area contributed by atoms with Gasteiger partial charge in [-0.15, -0.1) is 0 Å². The van der Waals surface area contributed by atoms with Crippen LogP contribution < -0.4 is 11.1 Å². The minimum absolute atomic E-state index is 0.737. The summed E-state index contributed by atoms with van der Waals surface area (Å²) in [4.78, 5) is 0. The molecule has 2 rings (SSSR count). The third-order valence-electron chi connectivity index (χ3n) is 3.46. The number of rotatable bonds is 4. The summed E-state index contributed by atoms with van der Waals surface area (Å²) in [6, 6.07) is 10.4. The normalized spacial score (nSPS) is 25.4. The lowest BCUT2D eigenvalue weighted by molar-refractivity contribution is 0.414. The fourth-order valence-electron chi connectivity index (χ4n) is 2.50. The van der Waals surface area contributed by atoms with Gasteiger partial charge in [0, 0.05) is 12.2 Å². The summed E-state index contributed by atoms with van der Waals surface area (Å²) in [5.41, 5.74) is 6.99. The van der Waals surface area contributed by atoms with Gasteiger partial charge in [0.15, 0.2) is 0 Å². The third-order valence-corrected chi connectivity index (χ3v) is 3.46. The topological polar surface area (TPSA) is 38.0 Å². The van der Waals surface area contributed by atoms with Gasteiger partial charge in [-0.1, -0.05) is 24.6 Å². The summed E-state index contributed by atoms with van der Waals surface area (Å²) in [6.07, 6.45) is 4.00. The molecule has 15 heavy (non-hydrogen) atoms. The molecule has 1 saturated carbocycles. The van der Waals surface area contributed by atoms with E-state index in [4.69, 9.17) is 5.73 Å². The molecular formula is C13H20N2. The van der Waals surface area contributed by atoms with Crippen LogP contribution >= 0.6 is 0 Å². The van der Waals surface area contributed by atoms with Crippen molar-refractivity contribution in [3.63, 3.8) is 0 Å². The molecular weight excluding hydrogens is 184 g/mol. The lowest BCUT2D eigenvalue weighted by atomic mass is 9.96. The van der Waals surface area contributed by atoms with E-state index in [1.165, 1.54) is 24.9 Å². The number of nitrogens with two attached hydrogens (primary N) is 1. The molecule has 0 spiro atoms. The van der Waals surface area contributed by atoms with E-state index in [9.17, 15) is 0 Å². The van der Waals surface area contributed by atoms with Crippen molar-refractivity contribution in [3.8, 4) is 0 Å². The van der Waals surface area contributed by atoms with Crippen molar-refractivity contribution < 1.29 is 0 Å². The Bertz CT molecular complexity index is 284. The molecule has 1 aliphatic rings. The summed E-state index contributed by atoms with van der Waals surface area (Å²) in [5.74, 6) is 1.51. The number of hydrogen-bond acceptors (Lipinski definition) is 2. The predicted molar refractivity (Wildman–Crippen MR) is 64.8 cm³/mol. The molecule has 1 fully saturated rings. The number of hydrogen-bond donors (Lipinski definition) is 2. The van der Waals surface area contributed by atoms with Gasteiger partial charge in [0.1, 0.15) is 0 Å². The van der Waals surface area contributed by atoms with Gasteiger partial charge in [0.2, 0.25) is 0 Å². The van der Waals surface area contributed by atoms with E-state index in [2.05, 4.69) is 29.6 Å². The van der Waals surface area contributed by atoms with Crippen molar-refractivity contribution in [2.75, 3.05) is 18.4 Å². The zero-order valence-electron chi connectivity index (χ0n) is 9.15. The number of para-hydroxylation sites is 1. The van der Waals surface area contributed by atoms with E-state index in [0.717, 1.165) is 24.9 Å². The van der Waals surface area contributed by atoms with Crippen molar-refractivity contribution in [1.29, 1.82) is 0 Å². The second-order valence-electron chi connectivity index (χ2n) is 4.43. The molecule has 0 heterocycles. The molecule has 0 amide bonds. The Hall–Kier alpha value is -1.02.